The Hall–Kier alpha value is -1.13. The molecule has 0 saturated carbocycles. The number of aliphatic hydroxyl groups is 1. The van der Waals surface area contributed by atoms with Crippen molar-refractivity contribution >= 4 is 5.97 Å². The third-order valence-electron chi connectivity index (χ3n) is 7.53. The molecule has 0 aromatic carbocycles. The van der Waals surface area contributed by atoms with Crippen molar-refractivity contribution in [3.8, 4) is 0 Å². The van der Waals surface area contributed by atoms with Gasteiger partial charge in [0.25, 0.3) is 0 Å². The second kappa shape index (κ2) is 34.1. The lowest BCUT2D eigenvalue weighted by Gasteiger charge is -2.15. The lowest BCUT2D eigenvalue weighted by atomic mass is 10.1. The van der Waals surface area contributed by atoms with Gasteiger partial charge in [-0.25, -0.2) is 0 Å². The summed E-state index contributed by atoms with van der Waals surface area (Å²) in [5.41, 5.74) is 0. The van der Waals surface area contributed by atoms with Crippen LogP contribution >= 0.6 is 0 Å². The number of hydrogen-bond acceptors (Lipinski definition) is 4. The van der Waals surface area contributed by atoms with Gasteiger partial charge in [-0.05, 0) is 44.9 Å². The molecule has 1 N–H and O–H groups in total. The highest BCUT2D eigenvalue weighted by Gasteiger charge is 2.13. The maximum atomic E-state index is 11.9. The number of esters is 1. The van der Waals surface area contributed by atoms with Gasteiger partial charge in [0, 0.05) is 13.0 Å². The van der Waals surface area contributed by atoms with Crippen molar-refractivity contribution in [2.45, 2.75) is 180 Å². The molecule has 0 aromatic rings. The van der Waals surface area contributed by atoms with Crippen molar-refractivity contribution in [1.82, 2.24) is 0 Å². The zero-order valence-corrected chi connectivity index (χ0v) is 26.9. The first-order chi connectivity index (χ1) is 19.7. The summed E-state index contributed by atoms with van der Waals surface area (Å²) in [6, 6.07) is 0. The molecule has 0 spiro atoms. The van der Waals surface area contributed by atoms with Crippen LogP contribution in [0.1, 0.15) is 174 Å². The summed E-state index contributed by atoms with van der Waals surface area (Å²) in [7, 11) is 0. The molecule has 0 aliphatic rings. The van der Waals surface area contributed by atoms with Gasteiger partial charge in [-0.3, -0.25) is 4.79 Å². The maximum absolute atomic E-state index is 11.9. The summed E-state index contributed by atoms with van der Waals surface area (Å²) in [5.74, 6) is -0.211. The van der Waals surface area contributed by atoms with E-state index >= 15 is 0 Å². The van der Waals surface area contributed by atoms with Crippen molar-refractivity contribution in [2.75, 3.05) is 19.8 Å². The van der Waals surface area contributed by atoms with Crippen LogP contribution in [0.2, 0.25) is 0 Å². The van der Waals surface area contributed by atoms with Crippen LogP contribution < -0.4 is 0 Å². The van der Waals surface area contributed by atoms with E-state index in [1.807, 2.05) is 0 Å². The lowest BCUT2D eigenvalue weighted by Crippen LogP contribution is -2.27. The van der Waals surface area contributed by atoms with Gasteiger partial charge in [-0.15, -0.1) is 0 Å². The van der Waals surface area contributed by atoms with Gasteiger partial charge in [0.2, 0.25) is 0 Å². The monoisotopic (exact) mass is 565 g/mol. The summed E-state index contributed by atoms with van der Waals surface area (Å²) in [5, 5.41) is 9.46. The van der Waals surface area contributed by atoms with Crippen LogP contribution in [-0.2, 0) is 14.3 Å². The SMILES string of the molecule is CCCCCCC/C=C\C/C=C\CCCCCCCCCCCCOCC(CO)OC(=O)CCCCCCCC. The zero-order chi connectivity index (χ0) is 29.2. The van der Waals surface area contributed by atoms with Crippen molar-refractivity contribution in [2.24, 2.45) is 0 Å². The predicted molar refractivity (Wildman–Crippen MR) is 173 cm³/mol. The number of carbonyl (C=O) groups excluding carboxylic acids is 1. The van der Waals surface area contributed by atoms with Gasteiger partial charge in [0.1, 0.15) is 6.10 Å². The van der Waals surface area contributed by atoms with Gasteiger partial charge in [-0.1, -0.05) is 147 Å². The van der Waals surface area contributed by atoms with E-state index in [0.29, 0.717) is 19.6 Å². The molecule has 40 heavy (non-hydrogen) atoms. The highest BCUT2D eigenvalue weighted by Crippen LogP contribution is 2.12. The molecule has 0 rings (SSSR count). The molecule has 0 amide bonds. The molecule has 236 valence electrons. The minimum absolute atomic E-state index is 0.171. The highest BCUT2D eigenvalue weighted by atomic mass is 16.6. The van der Waals surface area contributed by atoms with Crippen LogP contribution in [0.25, 0.3) is 0 Å². The van der Waals surface area contributed by atoms with Crippen molar-refractivity contribution in [3.63, 3.8) is 0 Å². The highest BCUT2D eigenvalue weighted by molar-refractivity contribution is 5.69. The number of carbonyl (C=O) groups is 1. The normalized spacial score (nSPS) is 12.6. The summed E-state index contributed by atoms with van der Waals surface area (Å²) in [4.78, 5) is 11.9. The average Bonchev–Trinajstić information content (AvgIpc) is 2.96. The minimum atomic E-state index is -0.527. The first-order valence-corrected chi connectivity index (χ1v) is 17.4. The molecule has 0 radical (unpaired) electrons. The van der Waals surface area contributed by atoms with Crippen LogP contribution in [0.4, 0.5) is 0 Å². The Balaban J connectivity index is 3.37. The van der Waals surface area contributed by atoms with E-state index < -0.39 is 6.10 Å². The smallest absolute Gasteiger partial charge is 0.306 e. The topological polar surface area (TPSA) is 55.8 Å². The molecule has 4 heteroatoms. The fraction of sp³-hybridized carbons (Fsp3) is 0.861. The average molecular weight is 565 g/mol. The Kier molecular flexibility index (Phi) is 33.1. The van der Waals surface area contributed by atoms with E-state index in [1.54, 1.807) is 0 Å². The number of aliphatic hydroxyl groups excluding tert-OH is 1. The number of unbranched alkanes of at least 4 members (excludes halogenated alkanes) is 20. The van der Waals surface area contributed by atoms with Crippen molar-refractivity contribution in [1.29, 1.82) is 0 Å². The molecule has 0 aliphatic heterocycles. The van der Waals surface area contributed by atoms with Gasteiger partial charge < -0.3 is 14.6 Å². The fourth-order valence-electron chi connectivity index (χ4n) is 4.89. The molecule has 0 heterocycles. The molecular weight excluding hydrogens is 496 g/mol. The van der Waals surface area contributed by atoms with E-state index in [0.717, 1.165) is 25.7 Å². The Morgan fingerprint density at radius 1 is 0.600 bits per heavy atom. The second-order valence-corrected chi connectivity index (χ2v) is 11.6. The Labute approximate surface area is 249 Å². The predicted octanol–water partition coefficient (Wildman–Crippen LogP) is 10.8. The molecule has 0 saturated heterocycles. The second-order valence-electron chi connectivity index (χ2n) is 11.6. The van der Waals surface area contributed by atoms with Crippen LogP contribution in [0.5, 0.6) is 0 Å². The number of rotatable bonds is 32. The fourth-order valence-corrected chi connectivity index (χ4v) is 4.89. The first-order valence-electron chi connectivity index (χ1n) is 17.4. The van der Waals surface area contributed by atoms with Crippen LogP contribution in [-0.4, -0.2) is 37.0 Å². The van der Waals surface area contributed by atoms with Gasteiger partial charge >= 0.3 is 5.97 Å². The van der Waals surface area contributed by atoms with Crippen molar-refractivity contribution < 1.29 is 19.4 Å². The van der Waals surface area contributed by atoms with Gasteiger partial charge in [0.15, 0.2) is 0 Å². The summed E-state index contributed by atoms with van der Waals surface area (Å²) in [6.45, 7) is 5.28. The van der Waals surface area contributed by atoms with Crippen LogP contribution in [0.15, 0.2) is 24.3 Å². The maximum Gasteiger partial charge on any atom is 0.306 e. The summed E-state index contributed by atoms with van der Waals surface area (Å²) >= 11 is 0. The summed E-state index contributed by atoms with van der Waals surface area (Å²) in [6.07, 6.45) is 39.5. The first kappa shape index (κ1) is 38.9. The third-order valence-corrected chi connectivity index (χ3v) is 7.53. The molecule has 0 aromatic heterocycles. The molecule has 1 atom stereocenters. The standard InChI is InChI=1S/C36H68O4/c1-3-5-7-9-11-12-13-14-15-16-17-18-19-20-21-22-23-24-25-26-28-30-32-39-34-35(33-37)40-36(38)31-29-27-10-8-6-4-2/h13-14,16-17,35,37H,3-12,15,18-34H2,1-2H3/b14-13-,17-16-. The number of ether oxygens (including phenoxy) is 2. The zero-order valence-electron chi connectivity index (χ0n) is 26.9. The molecule has 1 unspecified atom stereocenters. The van der Waals surface area contributed by atoms with E-state index in [-0.39, 0.29) is 12.6 Å². The Bertz CT molecular complexity index is 557. The number of allylic oxidation sites excluding steroid dienone is 4. The number of hydrogen-bond donors (Lipinski definition) is 1. The molecule has 0 bridgehead atoms. The Morgan fingerprint density at radius 3 is 1.55 bits per heavy atom. The molecule has 4 nitrogen and oxygen atoms in total. The lowest BCUT2D eigenvalue weighted by molar-refractivity contribution is -0.154. The quantitative estimate of drug-likeness (QED) is 0.0501. The van der Waals surface area contributed by atoms with Crippen molar-refractivity contribution in [3.05, 3.63) is 24.3 Å². The van der Waals surface area contributed by atoms with E-state index in [9.17, 15) is 9.90 Å². The molecular formula is C36H68O4. The van der Waals surface area contributed by atoms with Crippen LogP contribution in [0, 0.1) is 0 Å². The van der Waals surface area contributed by atoms with Crippen LogP contribution in [0.3, 0.4) is 0 Å². The summed E-state index contributed by atoms with van der Waals surface area (Å²) < 4.78 is 11.0. The molecule has 0 aliphatic carbocycles. The van der Waals surface area contributed by atoms with E-state index in [2.05, 4.69) is 38.2 Å². The third kappa shape index (κ3) is 31.4. The van der Waals surface area contributed by atoms with E-state index in [1.165, 1.54) is 128 Å². The largest absolute Gasteiger partial charge is 0.457 e. The minimum Gasteiger partial charge on any atom is -0.457 e. The van der Waals surface area contributed by atoms with Gasteiger partial charge in [-0.2, -0.15) is 0 Å². The van der Waals surface area contributed by atoms with E-state index in [4.69, 9.17) is 9.47 Å². The van der Waals surface area contributed by atoms with Gasteiger partial charge in [0.05, 0.1) is 13.2 Å². The Morgan fingerprint density at radius 2 is 1.05 bits per heavy atom. The molecule has 0 fully saturated rings.